The van der Waals surface area contributed by atoms with Gasteiger partial charge < -0.3 is 14.4 Å². The average molecular weight is 261 g/mol. The zero-order valence-corrected chi connectivity index (χ0v) is 11.1. The molecule has 0 atom stereocenters. The number of aryl methyl sites for hydroxylation is 3. The van der Waals surface area contributed by atoms with Gasteiger partial charge in [0.2, 0.25) is 0 Å². The molecule has 0 spiro atoms. The Morgan fingerprint density at radius 3 is 2.42 bits per heavy atom. The number of hydrogen-bond acceptors (Lipinski definition) is 4. The third-order valence-corrected chi connectivity index (χ3v) is 2.74. The van der Waals surface area contributed by atoms with Gasteiger partial charge in [-0.2, -0.15) is 0 Å². The molecule has 1 aromatic heterocycles. The molecular weight excluding hydrogens is 246 g/mol. The molecule has 0 radical (unpaired) electrons. The minimum Gasteiger partial charge on any atom is -0.485 e. The van der Waals surface area contributed by atoms with Crippen molar-refractivity contribution in [2.45, 2.75) is 27.4 Å². The Kier molecular flexibility index (Phi) is 3.55. The summed E-state index contributed by atoms with van der Waals surface area (Å²) in [5, 5.41) is 12.2. The summed E-state index contributed by atoms with van der Waals surface area (Å²) in [6, 6.07) is 5.43. The molecule has 5 heteroatoms. The van der Waals surface area contributed by atoms with Gasteiger partial charge in [0, 0.05) is 6.07 Å². The molecule has 0 saturated carbocycles. The quantitative estimate of drug-likeness (QED) is 0.916. The van der Waals surface area contributed by atoms with Crippen LogP contribution < -0.4 is 4.74 Å². The summed E-state index contributed by atoms with van der Waals surface area (Å²) in [4.78, 5) is 10.7. The molecule has 0 aliphatic carbocycles. The van der Waals surface area contributed by atoms with Crippen LogP contribution in [-0.2, 0) is 6.61 Å². The largest absolute Gasteiger partial charge is 0.485 e. The molecule has 2 rings (SSSR count). The van der Waals surface area contributed by atoms with Crippen molar-refractivity contribution in [1.82, 2.24) is 5.16 Å². The maximum atomic E-state index is 10.7. The second kappa shape index (κ2) is 5.14. The third-order valence-electron chi connectivity index (χ3n) is 2.74. The first-order valence-corrected chi connectivity index (χ1v) is 5.87. The van der Waals surface area contributed by atoms with Crippen LogP contribution in [0.5, 0.6) is 5.75 Å². The van der Waals surface area contributed by atoms with E-state index in [0.717, 1.165) is 16.9 Å². The number of aromatic nitrogens is 1. The molecule has 5 nitrogen and oxygen atoms in total. The summed E-state index contributed by atoms with van der Waals surface area (Å²) in [7, 11) is 0. The van der Waals surface area contributed by atoms with E-state index in [-0.39, 0.29) is 12.3 Å². The molecule has 0 fully saturated rings. The Hall–Kier alpha value is -2.30. The number of nitrogens with zero attached hydrogens (tertiary/aromatic N) is 1. The Morgan fingerprint density at radius 1 is 1.26 bits per heavy atom. The summed E-state index contributed by atoms with van der Waals surface area (Å²) in [5.41, 5.74) is 3.14. The van der Waals surface area contributed by atoms with Crippen LogP contribution in [0.15, 0.2) is 22.7 Å². The van der Waals surface area contributed by atoms with E-state index in [2.05, 4.69) is 5.16 Å². The molecule has 19 heavy (non-hydrogen) atoms. The van der Waals surface area contributed by atoms with Crippen molar-refractivity contribution in [1.29, 1.82) is 0 Å². The number of aromatic carboxylic acids is 1. The molecular formula is C14H15NO4. The van der Waals surface area contributed by atoms with Gasteiger partial charge in [0.15, 0.2) is 11.5 Å². The van der Waals surface area contributed by atoms with E-state index in [1.807, 2.05) is 32.9 Å². The van der Waals surface area contributed by atoms with Crippen molar-refractivity contribution in [2.75, 3.05) is 0 Å². The number of hydrogen-bond donors (Lipinski definition) is 1. The molecule has 1 N–H and O–H groups in total. The summed E-state index contributed by atoms with van der Waals surface area (Å²) in [6.45, 7) is 6.13. The van der Waals surface area contributed by atoms with Crippen LogP contribution in [0.2, 0.25) is 0 Å². The van der Waals surface area contributed by atoms with Crippen molar-refractivity contribution in [3.63, 3.8) is 0 Å². The fraction of sp³-hybridized carbons (Fsp3) is 0.286. The highest BCUT2D eigenvalue weighted by atomic mass is 16.5. The maximum Gasteiger partial charge on any atom is 0.358 e. The molecule has 1 aromatic carbocycles. The first-order valence-electron chi connectivity index (χ1n) is 5.87. The van der Waals surface area contributed by atoms with E-state index < -0.39 is 5.97 Å². The Balaban J connectivity index is 2.12. The molecule has 100 valence electrons. The fourth-order valence-corrected chi connectivity index (χ4v) is 2.02. The number of ether oxygens (including phenoxy) is 1. The lowest BCUT2D eigenvalue weighted by atomic mass is 10.1. The van der Waals surface area contributed by atoms with Gasteiger partial charge in [-0.15, -0.1) is 0 Å². The van der Waals surface area contributed by atoms with Crippen LogP contribution in [0.4, 0.5) is 0 Å². The number of benzene rings is 1. The van der Waals surface area contributed by atoms with Crippen LogP contribution in [0.1, 0.15) is 32.9 Å². The molecule has 0 saturated heterocycles. The van der Waals surface area contributed by atoms with Crippen LogP contribution >= 0.6 is 0 Å². The number of rotatable bonds is 4. The minimum atomic E-state index is -1.11. The molecule has 0 aliphatic rings. The normalized spacial score (nSPS) is 10.5. The van der Waals surface area contributed by atoms with Crippen LogP contribution in [0.3, 0.4) is 0 Å². The number of carboxylic acids is 1. The average Bonchev–Trinajstić information content (AvgIpc) is 2.76. The summed E-state index contributed by atoms with van der Waals surface area (Å²) in [6.07, 6.45) is 0. The molecule has 0 unspecified atom stereocenters. The van der Waals surface area contributed by atoms with E-state index in [9.17, 15) is 4.79 Å². The minimum absolute atomic E-state index is 0.115. The van der Waals surface area contributed by atoms with E-state index in [0.29, 0.717) is 5.76 Å². The number of carbonyl (C=O) groups is 1. The van der Waals surface area contributed by atoms with E-state index >= 15 is 0 Å². The third kappa shape index (κ3) is 2.93. The highest BCUT2D eigenvalue weighted by Gasteiger charge is 2.12. The topological polar surface area (TPSA) is 72.6 Å². The van der Waals surface area contributed by atoms with Crippen LogP contribution in [0, 0.1) is 20.8 Å². The highest BCUT2D eigenvalue weighted by Crippen LogP contribution is 2.25. The number of carboxylic acid groups (broad SMARTS) is 1. The molecule has 0 aliphatic heterocycles. The van der Waals surface area contributed by atoms with Gasteiger partial charge >= 0.3 is 5.97 Å². The van der Waals surface area contributed by atoms with Gasteiger partial charge in [-0.3, -0.25) is 0 Å². The predicted molar refractivity (Wildman–Crippen MR) is 68.4 cm³/mol. The van der Waals surface area contributed by atoms with Gasteiger partial charge in [0.1, 0.15) is 12.4 Å². The predicted octanol–water partition coefficient (Wildman–Crippen LogP) is 2.88. The zero-order chi connectivity index (χ0) is 14.0. The first-order chi connectivity index (χ1) is 8.97. The van der Waals surface area contributed by atoms with Gasteiger partial charge in [-0.05, 0) is 31.9 Å². The lowest BCUT2D eigenvalue weighted by Crippen LogP contribution is -1.99. The van der Waals surface area contributed by atoms with Crippen LogP contribution in [-0.4, -0.2) is 16.2 Å². The van der Waals surface area contributed by atoms with E-state index in [1.165, 1.54) is 11.6 Å². The van der Waals surface area contributed by atoms with Crippen molar-refractivity contribution in [2.24, 2.45) is 0 Å². The summed E-state index contributed by atoms with van der Waals surface area (Å²) < 4.78 is 10.6. The molecule has 0 amide bonds. The first kappa shape index (κ1) is 13.1. The molecule has 0 bridgehead atoms. The van der Waals surface area contributed by atoms with Gasteiger partial charge in [0.05, 0.1) is 0 Å². The van der Waals surface area contributed by atoms with Gasteiger partial charge in [-0.25, -0.2) is 4.79 Å². The van der Waals surface area contributed by atoms with Crippen LogP contribution in [0.25, 0.3) is 0 Å². The summed E-state index contributed by atoms with van der Waals surface area (Å²) in [5.74, 6) is 0.0633. The van der Waals surface area contributed by atoms with Crippen molar-refractivity contribution in [3.8, 4) is 5.75 Å². The van der Waals surface area contributed by atoms with E-state index in [1.54, 1.807) is 0 Å². The van der Waals surface area contributed by atoms with Crippen molar-refractivity contribution < 1.29 is 19.2 Å². The van der Waals surface area contributed by atoms with E-state index in [4.69, 9.17) is 14.4 Å². The Bertz CT molecular complexity index is 593. The molecule has 2 aromatic rings. The molecule has 1 heterocycles. The second-order valence-electron chi connectivity index (χ2n) is 4.50. The van der Waals surface area contributed by atoms with Crippen molar-refractivity contribution >= 4 is 5.97 Å². The second-order valence-corrected chi connectivity index (χ2v) is 4.50. The van der Waals surface area contributed by atoms with Gasteiger partial charge in [-0.1, -0.05) is 22.9 Å². The lowest BCUT2D eigenvalue weighted by molar-refractivity contribution is 0.0685. The standard InChI is InChI=1S/C14H15NO4/c1-8-4-9(2)13(10(3)5-8)18-7-11-6-12(14(16)17)15-19-11/h4-6H,7H2,1-3H3,(H,16,17). The smallest absolute Gasteiger partial charge is 0.358 e. The summed E-state index contributed by atoms with van der Waals surface area (Å²) >= 11 is 0. The van der Waals surface area contributed by atoms with Crippen molar-refractivity contribution in [3.05, 3.63) is 46.3 Å². The zero-order valence-electron chi connectivity index (χ0n) is 11.1. The Labute approximate surface area is 110 Å². The maximum absolute atomic E-state index is 10.7. The fourth-order valence-electron chi connectivity index (χ4n) is 2.02. The lowest BCUT2D eigenvalue weighted by Gasteiger charge is -2.11. The highest BCUT2D eigenvalue weighted by molar-refractivity contribution is 5.85. The Morgan fingerprint density at radius 2 is 1.89 bits per heavy atom. The van der Waals surface area contributed by atoms with Gasteiger partial charge in [0.25, 0.3) is 0 Å². The monoisotopic (exact) mass is 261 g/mol. The SMILES string of the molecule is Cc1cc(C)c(OCc2cc(C(=O)O)no2)c(C)c1.